The molecular weight excluding hydrogens is 224 g/mol. The molecule has 0 aromatic carbocycles. The monoisotopic (exact) mass is 254 g/mol. The standard InChI is InChI=1S/C14H30N4/c1-12(2)13(18-9-7-8-10-18)11-15-14(16(3)4)17(5)6/h12-13H,7-11H2,1-6H3/t13-/m1/s1. The highest BCUT2D eigenvalue weighted by molar-refractivity contribution is 5.79. The van der Waals surface area contributed by atoms with E-state index in [2.05, 4.69) is 56.7 Å². The summed E-state index contributed by atoms with van der Waals surface area (Å²) in [5.74, 6) is 1.72. The summed E-state index contributed by atoms with van der Waals surface area (Å²) in [4.78, 5) is 11.6. The van der Waals surface area contributed by atoms with Gasteiger partial charge in [0.1, 0.15) is 0 Å². The van der Waals surface area contributed by atoms with Crippen molar-refractivity contribution in [2.45, 2.75) is 32.7 Å². The second-order valence-electron chi connectivity index (χ2n) is 5.98. The van der Waals surface area contributed by atoms with E-state index in [-0.39, 0.29) is 0 Å². The minimum absolute atomic E-state index is 0.586. The zero-order valence-corrected chi connectivity index (χ0v) is 13.0. The van der Waals surface area contributed by atoms with E-state index in [0.29, 0.717) is 12.0 Å². The fraction of sp³-hybridized carbons (Fsp3) is 0.929. The van der Waals surface area contributed by atoms with Crippen molar-refractivity contribution in [3.8, 4) is 0 Å². The summed E-state index contributed by atoms with van der Waals surface area (Å²) in [6.45, 7) is 8.02. The van der Waals surface area contributed by atoms with Gasteiger partial charge in [0.15, 0.2) is 5.96 Å². The largest absolute Gasteiger partial charge is 0.349 e. The summed E-state index contributed by atoms with van der Waals surface area (Å²) in [6.07, 6.45) is 2.70. The first-order valence-corrected chi connectivity index (χ1v) is 7.06. The number of aliphatic imine (C=N–C) groups is 1. The van der Waals surface area contributed by atoms with Gasteiger partial charge in [0.05, 0.1) is 6.54 Å². The van der Waals surface area contributed by atoms with E-state index < -0.39 is 0 Å². The molecule has 0 aromatic rings. The summed E-state index contributed by atoms with van der Waals surface area (Å²) in [6, 6.07) is 0.586. The topological polar surface area (TPSA) is 22.1 Å². The van der Waals surface area contributed by atoms with E-state index in [1.165, 1.54) is 25.9 Å². The van der Waals surface area contributed by atoms with Gasteiger partial charge in [-0.25, -0.2) is 0 Å². The van der Waals surface area contributed by atoms with Crippen molar-refractivity contribution < 1.29 is 0 Å². The van der Waals surface area contributed by atoms with E-state index in [4.69, 9.17) is 4.99 Å². The van der Waals surface area contributed by atoms with Crippen LogP contribution in [0.1, 0.15) is 26.7 Å². The van der Waals surface area contributed by atoms with Crippen LogP contribution in [0.3, 0.4) is 0 Å². The lowest BCUT2D eigenvalue weighted by Gasteiger charge is -2.31. The molecule has 1 fully saturated rings. The number of likely N-dealkylation sites (tertiary alicyclic amines) is 1. The van der Waals surface area contributed by atoms with E-state index in [0.717, 1.165) is 12.5 Å². The molecule has 1 aliphatic heterocycles. The second-order valence-corrected chi connectivity index (χ2v) is 5.98. The van der Waals surface area contributed by atoms with E-state index in [1.54, 1.807) is 0 Å². The van der Waals surface area contributed by atoms with Crippen LogP contribution in [0.15, 0.2) is 4.99 Å². The molecule has 0 aromatic heterocycles. The molecule has 0 radical (unpaired) electrons. The fourth-order valence-electron chi connectivity index (χ4n) is 2.68. The third-order valence-corrected chi connectivity index (χ3v) is 3.60. The molecule has 1 atom stereocenters. The fourth-order valence-corrected chi connectivity index (χ4v) is 2.68. The highest BCUT2D eigenvalue weighted by atomic mass is 15.3. The Labute approximate surface area is 113 Å². The van der Waals surface area contributed by atoms with Crippen molar-refractivity contribution in [3.63, 3.8) is 0 Å². The maximum atomic E-state index is 4.82. The molecule has 0 unspecified atom stereocenters. The minimum atomic E-state index is 0.586. The molecule has 0 amide bonds. The molecule has 18 heavy (non-hydrogen) atoms. The van der Waals surface area contributed by atoms with Gasteiger partial charge >= 0.3 is 0 Å². The average Bonchev–Trinajstić information content (AvgIpc) is 2.75. The van der Waals surface area contributed by atoms with E-state index in [9.17, 15) is 0 Å². The van der Waals surface area contributed by atoms with Crippen molar-refractivity contribution in [2.24, 2.45) is 10.9 Å². The van der Waals surface area contributed by atoms with Crippen LogP contribution in [0.5, 0.6) is 0 Å². The average molecular weight is 254 g/mol. The lowest BCUT2D eigenvalue weighted by molar-refractivity contribution is 0.197. The van der Waals surface area contributed by atoms with Gasteiger partial charge in [0, 0.05) is 34.2 Å². The summed E-state index contributed by atoms with van der Waals surface area (Å²) in [5.41, 5.74) is 0. The number of guanidine groups is 1. The Kier molecular flexibility index (Phi) is 5.93. The first-order chi connectivity index (χ1) is 8.43. The van der Waals surface area contributed by atoms with Gasteiger partial charge in [0.2, 0.25) is 0 Å². The van der Waals surface area contributed by atoms with E-state index in [1.807, 2.05) is 0 Å². The Balaban J connectivity index is 2.68. The Morgan fingerprint density at radius 2 is 1.56 bits per heavy atom. The van der Waals surface area contributed by atoms with Crippen LogP contribution in [0.4, 0.5) is 0 Å². The van der Waals surface area contributed by atoms with Crippen LogP contribution < -0.4 is 0 Å². The summed E-state index contributed by atoms with van der Waals surface area (Å²) >= 11 is 0. The SMILES string of the molecule is CC(C)[C@@H](CN=C(N(C)C)N(C)C)N1CCCC1. The Morgan fingerprint density at radius 1 is 1.06 bits per heavy atom. The highest BCUT2D eigenvalue weighted by Crippen LogP contribution is 2.18. The number of hydrogen-bond donors (Lipinski definition) is 0. The van der Waals surface area contributed by atoms with Gasteiger partial charge in [-0.1, -0.05) is 13.8 Å². The zero-order valence-electron chi connectivity index (χ0n) is 13.0. The minimum Gasteiger partial charge on any atom is -0.349 e. The van der Waals surface area contributed by atoms with Crippen LogP contribution in [0.25, 0.3) is 0 Å². The van der Waals surface area contributed by atoms with E-state index >= 15 is 0 Å². The van der Waals surface area contributed by atoms with Crippen molar-refractivity contribution in [2.75, 3.05) is 47.8 Å². The first kappa shape index (κ1) is 15.3. The molecule has 106 valence electrons. The molecule has 1 rings (SSSR count). The number of nitrogens with zero attached hydrogens (tertiary/aromatic N) is 4. The molecule has 0 spiro atoms. The molecule has 0 bridgehead atoms. The van der Waals surface area contributed by atoms with Crippen molar-refractivity contribution in [1.29, 1.82) is 0 Å². The van der Waals surface area contributed by atoms with Crippen LogP contribution in [0.2, 0.25) is 0 Å². The second kappa shape index (κ2) is 6.98. The lowest BCUT2D eigenvalue weighted by Crippen LogP contribution is -2.41. The highest BCUT2D eigenvalue weighted by Gasteiger charge is 2.24. The molecule has 0 aliphatic carbocycles. The van der Waals surface area contributed by atoms with Crippen molar-refractivity contribution in [1.82, 2.24) is 14.7 Å². The number of hydrogen-bond acceptors (Lipinski definition) is 2. The molecule has 4 heteroatoms. The van der Waals surface area contributed by atoms with Crippen molar-refractivity contribution in [3.05, 3.63) is 0 Å². The third kappa shape index (κ3) is 4.16. The van der Waals surface area contributed by atoms with Gasteiger partial charge in [-0.15, -0.1) is 0 Å². The normalized spacial score (nSPS) is 17.9. The van der Waals surface area contributed by atoms with Crippen LogP contribution in [-0.4, -0.2) is 74.5 Å². The summed E-state index contributed by atoms with van der Waals surface area (Å²) < 4.78 is 0. The lowest BCUT2D eigenvalue weighted by atomic mass is 10.0. The number of rotatable bonds is 4. The molecular formula is C14H30N4. The van der Waals surface area contributed by atoms with Gasteiger partial charge in [-0.2, -0.15) is 0 Å². The molecule has 0 N–H and O–H groups in total. The molecule has 1 saturated heterocycles. The van der Waals surface area contributed by atoms with Gasteiger partial charge in [0.25, 0.3) is 0 Å². The predicted molar refractivity (Wildman–Crippen MR) is 79.1 cm³/mol. The molecule has 1 aliphatic rings. The van der Waals surface area contributed by atoms with Crippen molar-refractivity contribution >= 4 is 5.96 Å². The van der Waals surface area contributed by atoms with Gasteiger partial charge in [-0.3, -0.25) is 9.89 Å². The Morgan fingerprint density at radius 3 is 1.94 bits per heavy atom. The zero-order chi connectivity index (χ0) is 13.7. The molecule has 0 saturated carbocycles. The molecule has 4 nitrogen and oxygen atoms in total. The van der Waals surface area contributed by atoms with Crippen LogP contribution >= 0.6 is 0 Å². The van der Waals surface area contributed by atoms with Crippen LogP contribution in [0, 0.1) is 5.92 Å². The van der Waals surface area contributed by atoms with Gasteiger partial charge in [-0.05, 0) is 31.8 Å². The quantitative estimate of drug-likeness (QED) is 0.562. The van der Waals surface area contributed by atoms with Gasteiger partial charge < -0.3 is 9.80 Å². The Hall–Kier alpha value is -0.770. The maximum absolute atomic E-state index is 4.82. The van der Waals surface area contributed by atoms with Crippen LogP contribution in [-0.2, 0) is 0 Å². The molecule has 1 heterocycles. The maximum Gasteiger partial charge on any atom is 0.195 e. The predicted octanol–water partition coefficient (Wildman–Crippen LogP) is 1.59. The smallest absolute Gasteiger partial charge is 0.195 e. The summed E-state index contributed by atoms with van der Waals surface area (Å²) in [5, 5.41) is 0. The summed E-state index contributed by atoms with van der Waals surface area (Å²) in [7, 11) is 8.22. The third-order valence-electron chi connectivity index (χ3n) is 3.60. The Bertz CT molecular complexity index is 255. The first-order valence-electron chi connectivity index (χ1n) is 7.06.